The molecule has 0 bridgehead atoms. The highest BCUT2D eigenvalue weighted by Gasteiger charge is 2.32. The third kappa shape index (κ3) is 4.90. The number of urea groups is 1. The fourth-order valence-corrected chi connectivity index (χ4v) is 3.97. The van der Waals surface area contributed by atoms with Crippen molar-refractivity contribution in [2.45, 2.75) is 45.1 Å². The van der Waals surface area contributed by atoms with Crippen molar-refractivity contribution in [1.29, 1.82) is 0 Å². The van der Waals surface area contributed by atoms with Crippen LogP contribution in [0.25, 0.3) is 0 Å². The van der Waals surface area contributed by atoms with E-state index in [-0.39, 0.29) is 37.0 Å². The van der Waals surface area contributed by atoms with Crippen LogP contribution in [-0.2, 0) is 9.59 Å². The summed E-state index contributed by atoms with van der Waals surface area (Å²) >= 11 is 0. The maximum absolute atomic E-state index is 12.6. The number of hydrogen-bond acceptors (Lipinski definition) is 4. The molecule has 0 radical (unpaired) electrons. The number of imide groups is 1. The van der Waals surface area contributed by atoms with Crippen LogP contribution in [0.15, 0.2) is 4.99 Å². The van der Waals surface area contributed by atoms with Gasteiger partial charge in [0.25, 0.3) is 0 Å². The first-order valence-corrected chi connectivity index (χ1v) is 10.00. The number of aliphatic imine (C=N–C) groups is 1. The van der Waals surface area contributed by atoms with Crippen LogP contribution < -0.4 is 16.0 Å². The molecule has 9 nitrogen and oxygen atoms in total. The summed E-state index contributed by atoms with van der Waals surface area (Å²) in [6.45, 7) is 4.85. The van der Waals surface area contributed by atoms with E-state index < -0.39 is 0 Å². The molecule has 9 heteroatoms. The van der Waals surface area contributed by atoms with E-state index in [1.165, 1.54) is 17.7 Å². The van der Waals surface area contributed by atoms with Gasteiger partial charge in [-0.25, -0.2) is 4.79 Å². The number of rotatable bonds is 6. The molecule has 1 saturated carbocycles. The van der Waals surface area contributed by atoms with E-state index >= 15 is 0 Å². The summed E-state index contributed by atoms with van der Waals surface area (Å²) in [5.41, 5.74) is 0. The van der Waals surface area contributed by atoms with Gasteiger partial charge in [0.2, 0.25) is 11.8 Å². The first kappa shape index (κ1) is 19.4. The first-order valence-electron chi connectivity index (χ1n) is 10.00. The van der Waals surface area contributed by atoms with Crippen molar-refractivity contribution >= 4 is 23.8 Å². The summed E-state index contributed by atoms with van der Waals surface area (Å²) in [4.78, 5) is 43.3. The van der Waals surface area contributed by atoms with E-state index in [0.717, 1.165) is 25.8 Å². The second kappa shape index (κ2) is 9.05. The number of carbonyl (C=O) groups is 3. The highest BCUT2D eigenvalue weighted by molar-refractivity contribution is 6.01. The number of guanidine groups is 1. The zero-order valence-electron chi connectivity index (χ0n) is 16.0. The molecule has 2 heterocycles. The smallest absolute Gasteiger partial charge is 0.324 e. The van der Waals surface area contributed by atoms with Gasteiger partial charge in [-0.15, -0.1) is 0 Å². The monoisotopic (exact) mass is 378 g/mol. The van der Waals surface area contributed by atoms with Crippen molar-refractivity contribution < 1.29 is 14.4 Å². The molecule has 150 valence electrons. The number of likely N-dealkylation sites (tertiary alicyclic amines) is 1. The molecule has 1 aliphatic carbocycles. The van der Waals surface area contributed by atoms with E-state index in [2.05, 4.69) is 20.9 Å². The lowest BCUT2D eigenvalue weighted by Crippen LogP contribution is -2.45. The van der Waals surface area contributed by atoms with Crippen molar-refractivity contribution in [2.24, 2.45) is 10.9 Å². The average Bonchev–Trinajstić information content (AvgIpc) is 3.39. The SMILES string of the molecule is CCNC(=NCCN1C(=O)CNC1=O)NC1CCN(C(=O)C2CCCC2)C1. The van der Waals surface area contributed by atoms with Crippen molar-refractivity contribution in [3.05, 3.63) is 0 Å². The topological polar surface area (TPSA) is 106 Å². The molecular formula is C18H30N6O3. The number of amides is 4. The summed E-state index contributed by atoms with van der Waals surface area (Å²) in [7, 11) is 0. The van der Waals surface area contributed by atoms with Crippen LogP contribution in [0.2, 0.25) is 0 Å². The molecule has 3 fully saturated rings. The van der Waals surface area contributed by atoms with Gasteiger partial charge in [0, 0.05) is 31.6 Å². The predicted molar refractivity (Wildman–Crippen MR) is 101 cm³/mol. The van der Waals surface area contributed by atoms with Gasteiger partial charge < -0.3 is 20.9 Å². The van der Waals surface area contributed by atoms with Crippen LogP contribution in [0.3, 0.4) is 0 Å². The normalized spacial score (nSPS) is 23.9. The minimum atomic E-state index is -0.356. The fourth-order valence-electron chi connectivity index (χ4n) is 3.97. The molecule has 27 heavy (non-hydrogen) atoms. The highest BCUT2D eigenvalue weighted by Crippen LogP contribution is 2.27. The molecule has 3 aliphatic rings. The Morgan fingerprint density at radius 2 is 2.04 bits per heavy atom. The molecule has 2 saturated heterocycles. The van der Waals surface area contributed by atoms with Gasteiger partial charge in [0.15, 0.2) is 5.96 Å². The zero-order valence-corrected chi connectivity index (χ0v) is 16.0. The molecule has 0 aromatic heterocycles. The van der Waals surface area contributed by atoms with Gasteiger partial charge in [-0.3, -0.25) is 19.5 Å². The van der Waals surface area contributed by atoms with Gasteiger partial charge >= 0.3 is 6.03 Å². The lowest BCUT2D eigenvalue weighted by Gasteiger charge is -2.21. The van der Waals surface area contributed by atoms with E-state index in [0.29, 0.717) is 31.5 Å². The Balaban J connectivity index is 1.48. The average molecular weight is 378 g/mol. The van der Waals surface area contributed by atoms with Crippen LogP contribution in [0.4, 0.5) is 4.79 Å². The Kier molecular flexibility index (Phi) is 6.52. The Morgan fingerprint density at radius 1 is 1.26 bits per heavy atom. The van der Waals surface area contributed by atoms with Crippen LogP contribution in [0.5, 0.6) is 0 Å². The summed E-state index contributed by atoms with van der Waals surface area (Å²) in [5, 5.41) is 9.07. The molecule has 3 rings (SSSR count). The molecule has 0 aromatic rings. The zero-order chi connectivity index (χ0) is 19.2. The lowest BCUT2D eigenvalue weighted by molar-refractivity contribution is -0.134. The second-order valence-electron chi connectivity index (χ2n) is 7.36. The van der Waals surface area contributed by atoms with Crippen LogP contribution in [0.1, 0.15) is 39.0 Å². The van der Waals surface area contributed by atoms with Crippen molar-refractivity contribution in [1.82, 2.24) is 25.8 Å². The number of carbonyl (C=O) groups excluding carboxylic acids is 3. The molecule has 4 amide bonds. The fraction of sp³-hybridized carbons (Fsp3) is 0.778. The Morgan fingerprint density at radius 3 is 2.70 bits per heavy atom. The third-order valence-corrected chi connectivity index (χ3v) is 5.42. The maximum Gasteiger partial charge on any atom is 0.324 e. The number of nitrogens with one attached hydrogen (secondary N) is 3. The molecule has 1 unspecified atom stereocenters. The maximum atomic E-state index is 12.6. The largest absolute Gasteiger partial charge is 0.357 e. The van der Waals surface area contributed by atoms with Gasteiger partial charge in [0.05, 0.1) is 19.6 Å². The summed E-state index contributed by atoms with van der Waals surface area (Å²) in [6.07, 6.45) is 5.29. The molecule has 0 spiro atoms. The number of nitrogens with zero attached hydrogens (tertiary/aromatic N) is 3. The van der Waals surface area contributed by atoms with Crippen molar-refractivity contribution in [2.75, 3.05) is 39.3 Å². The van der Waals surface area contributed by atoms with Gasteiger partial charge in [-0.1, -0.05) is 12.8 Å². The second-order valence-corrected chi connectivity index (χ2v) is 7.36. The van der Waals surface area contributed by atoms with E-state index in [1.54, 1.807) is 0 Å². The van der Waals surface area contributed by atoms with Crippen molar-refractivity contribution in [3.8, 4) is 0 Å². The Hall–Kier alpha value is -2.32. The molecule has 1 atom stereocenters. The van der Waals surface area contributed by atoms with E-state index in [9.17, 15) is 14.4 Å². The van der Waals surface area contributed by atoms with Gasteiger partial charge in [-0.05, 0) is 26.2 Å². The Bertz CT molecular complexity index is 586. The third-order valence-electron chi connectivity index (χ3n) is 5.42. The summed E-state index contributed by atoms with van der Waals surface area (Å²) < 4.78 is 0. The summed E-state index contributed by atoms with van der Waals surface area (Å²) in [6, 6.07) is -0.185. The van der Waals surface area contributed by atoms with Crippen molar-refractivity contribution in [3.63, 3.8) is 0 Å². The van der Waals surface area contributed by atoms with E-state index in [4.69, 9.17) is 0 Å². The molecule has 0 aromatic carbocycles. The standard InChI is InChI=1S/C18H30N6O3/c1-2-19-17(20-8-10-24-15(25)11-21-18(24)27)22-14-7-9-23(12-14)16(26)13-5-3-4-6-13/h13-14H,2-12H2,1H3,(H,21,27)(H2,19,20,22). The first-order chi connectivity index (χ1) is 13.1. The van der Waals surface area contributed by atoms with E-state index in [1.807, 2.05) is 11.8 Å². The predicted octanol–water partition coefficient (Wildman–Crippen LogP) is -0.116. The number of hydrogen-bond donors (Lipinski definition) is 3. The van der Waals surface area contributed by atoms with Gasteiger partial charge in [-0.2, -0.15) is 0 Å². The highest BCUT2D eigenvalue weighted by atomic mass is 16.2. The lowest BCUT2D eigenvalue weighted by atomic mass is 10.1. The minimum Gasteiger partial charge on any atom is -0.357 e. The van der Waals surface area contributed by atoms with Crippen LogP contribution in [-0.4, -0.2) is 78.9 Å². The Labute approximate surface area is 159 Å². The quantitative estimate of drug-likeness (QED) is 0.340. The minimum absolute atomic E-state index is 0.0633. The molecular weight excluding hydrogens is 348 g/mol. The summed E-state index contributed by atoms with van der Waals surface area (Å²) in [5.74, 6) is 0.960. The molecule has 3 N–H and O–H groups in total. The van der Waals surface area contributed by atoms with Crippen LogP contribution in [0, 0.1) is 5.92 Å². The van der Waals surface area contributed by atoms with Gasteiger partial charge in [0.1, 0.15) is 0 Å². The van der Waals surface area contributed by atoms with Crippen LogP contribution >= 0.6 is 0 Å². The molecule has 2 aliphatic heterocycles.